The van der Waals surface area contributed by atoms with Gasteiger partial charge in [-0.2, -0.15) is 0 Å². The van der Waals surface area contributed by atoms with Gasteiger partial charge in [0.05, 0.1) is 4.99 Å². The van der Waals surface area contributed by atoms with Gasteiger partial charge in [-0.05, 0) is 48.4 Å². The second-order valence-electron chi connectivity index (χ2n) is 7.34. The van der Waals surface area contributed by atoms with E-state index in [4.69, 9.17) is 12.2 Å². The van der Waals surface area contributed by atoms with Crippen LogP contribution in [0.1, 0.15) is 44.2 Å². The number of benzene rings is 1. The number of fused-ring (bicyclic) bond motifs is 1. The lowest BCUT2D eigenvalue weighted by molar-refractivity contribution is 0.123. The number of thiocarbonyl (C=S) groups is 1. The standard InChI is InChI=1S/C19H27FN2S/c1-14(2)11-19(23)21-9-6-18(7-10-21)22-8-5-15-3-4-17(20)12-16(15)13-22/h3-4,12,14,18H,5-11,13H2,1-2H3. The normalized spacial score (nSPS) is 19.9. The van der Waals surface area contributed by atoms with Crippen molar-refractivity contribution in [3.05, 3.63) is 35.1 Å². The molecule has 23 heavy (non-hydrogen) atoms. The summed E-state index contributed by atoms with van der Waals surface area (Å²) >= 11 is 5.58. The molecule has 0 bridgehead atoms. The molecule has 2 aliphatic heterocycles. The third-order valence-corrected chi connectivity index (χ3v) is 5.55. The molecule has 126 valence electrons. The fourth-order valence-electron chi connectivity index (χ4n) is 3.82. The Balaban J connectivity index is 1.55. The first kappa shape index (κ1) is 16.8. The molecule has 0 atom stereocenters. The zero-order valence-electron chi connectivity index (χ0n) is 14.2. The summed E-state index contributed by atoms with van der Waals surface area (Å²) in [6.07, 6.45) is 4.41. The summed E-state index contributed by atoms with van der Waals surface area (Å²) in [7, 11) is 0. The van der Waals surface area contributed by atoms with Crippen molar-refractivity contribution in [1.29, 1.82) is 0 Å². The van der Waals surface area contributed by atoms with Gasteiger partial charge in [-0.15, -0.1) is 0 Å². The van der Waals surface area contributed by atoms with Crippen LogP contribution < -0.4 is 0 Å². The first-order chi connectivity index (χ1) is 11.0. The van der Waals surface area contributed by atoms with Crippen LogP contribution in [0.2, 0.25) is 0 Å². The van der Waals surface area contributed by atoms with Crippen molar-refractivity contribution in [2.45, 2.75) is 52.1 Å². The van der Waals surface area contributed by atoms with E-state index >= 15 is 0 Å². The summed E-state index contributed by atoms with van der Waals surface area (Å²) in [6.45, 7) is 8.59. The first-order valence-electron chi connectivity index (χ1n) is 8.82. The largest absolute Gasteiger partial charge is 0.366 e. The van der Waals surface area contributed by atoms with Crippen LogP contribution in [0.3, 0.4) is 0 Å². The molecule has 3 rings (SSSR count). The predicted molar refractivity (Wildman–Crippen MR) is 97.2 cm³/mol. The Labute approximate surface area is 144 Å². The highest BCUT2D eigenvalue weighted by atomic mass is 32.1. The van der Waals surface area contributed by atoms with Crippen LogP contribution in [0.15, 0.2) is 18.2 Å². The van der Waals surface area contributed by atoms with E-state index < -0.39 is 0 Å². The Bertz CT molecular complexity index is 564. The van der Waals surface area contributed by atoms with Crippen molar-refractivity contribution in [2.75, 3.05) is 19.6 Å². The zero-order valence-corrected chi connectivity index (χ0v) is 15.0. The molecule has 0 spiro atoms. The number of nitrogens with zero attached hydrogens (tertiary/aromatic N) is 2. The van der Waals surface area contributed by atoms with Crippen LogP contribution in [-0.2, 0) is 13.0 Å². The maximum Gasteiger partial charge on any atom is 0.123 e. The van der Waals surface area contributed by atoms with Gasteiger partial charge in [0.1, 0.15) is 5.82 Å². The molecule has 0 saturated carbocycles. The SMILES string of the molecule is CC(C)CC(=S)N1CCC(N2CCc3ccc(F)cc3C2)CC1. The lowest BCUT2D eigenvalue weighted by atomic mass is 9.95. The summed E-state index contributed by atoms with van der Waals surface area (Å²) in [5.41, 5.74) is 2.49. The molecular weight excluding hydrogens is 307 g/mol. The van der Waals surface area contributed by atoms with Crippen molar-refractivity contribution in [1.82, 2.24) is 9.80 Å². The highest BCUT2D eigenvalue weighted by Gasteiger charge is 2.28. The van der Waals surface area contributed by atoms with Gasteiger partial charge >= 0.3 is 0 Å². The highest BCUT2D eigenvalue weighted by molar-refractivity contribution is 7.80. The fraction of sp³-hybridized carbons (Fsp3) is 0.632. The zero-order chi connectivity index (χ0) is 16.4. The Morgan fingerprint density at radius 1 is 1.22 bits per heavy atom. The molecule has 0 unspecified atom stereocenters. The van der Waals surface area contributed by atoms with Crippen LogP contribution >= 0.6 is 12.2 Å². The molecule has 0 radical (unpaired) electrons. The van der Waals surface area contributed by atoms with E-state index in [0.717, 1.165) is 44.0 Å². The molecule has 0 N–H and O–H groups in total. The minimum atomic E-state index is -0.112. The van der Waals surface area contributed by atoms with Crippen LogP contribution in [-0.4, -0.2) is 40.5 Å². The molecular formula is C19H27FN2S. The lowest BCUT2D eigenvalue weighted by Crippen LogP contribution is -2.47. The summed E-state index contributed by atoms with van der Waals surface area (Å²) in [6, 6.07) is 5.87. The quantitative estimate of drug-likeness (QED) is 0.771. The number of hydrogen-bond acceptors (Lipinski definition) is 2. The van der Waals surface area contributed by atoms with Crippen molar-refractivity contribution in [2.24, 2.45) is 5.92 Å². The molecule has 1 aromatic rings. The highest BCUT2D eigenvalue weighted by Crippen LogP contribution is 2.26. The van der Waals surface area contributed by atoms with Crippen LogP contribution in [0.4, 0.5) is 4.39 Å². The minimum absolute atomic E-state index is 0.112. The molecule has 0 amide bonds. The molecule has 4 heteroatoms. The van der Waals surface area contributed by atoms with E-state index in [0.29, 0.717) is 12.0 Å². The van der Waals surface area contributed by atoms with Gasteiger partial charge in [0.2, 0.25) is 0 Å². The molecule has 0 aliphatic carbocycles. The molecule has 2 nitrogen and oxygen atoms in total. The van der Waals surface area contributed by atoms with Gasteiger partial charge in [0, 0.05) is 38.6 Å². The Morgan fingerprint density at radius 3 is 2.65 bits per heavy atom. The third-order valence-electron chi connectivity index (χ3n) is 5.13. The van der Waals surface area contributed by atoms with E-state index in [9.17, 15) is 4.39 Å². The Hall–Kier alpha value is -1.00. The number of likely N-dealkylation sites (tertiary alicyclic amines) is 1. The molecule has 1 fully saturated rings. The van der Waals surface area contributed by atoms with E-state index in [2.05, 4.69) is 23.6 Å². The molecule has 1 aromatic carbocycles. The Morgan fingerprint density at radius 2 is 1.96 bits per heavy atom. The summed E-state index contributed by atoms with van der Waals surface area (Å²) in [5.74, 6) is 0.521. The van der Waals surface area contributed by atoms with E-state index in [1.54, 1.807) is 12.1 Å². The summed E-state index contributed by atoms with van der Waals surface area (Å²) < 4.78 is 13.5. The maximum atomic E-state index is 13.5. The van der Waals surface area contributed by atoms with Gasteiger partial charge in [-0.25, -0.2) is 4.39 Å². The average molecular weight is 335 g/mol. The second kappa shape index (κ2) is 7.27. The van der Waals surface area contributed by atoms with Crippen LogP contribution in [0, 0.1) is 11.7 Å². The van der Waals surface area contributed by atoms with Gasteiger partial charge in [0.15, 0.2) is 0 Å². The molecule has 2 aliphatic rings. The minimum Gasteiger partial charge on any atom is -0.366 e. The molecule has 0 aromatic heterocycles. The monoisotopic (exact) mass is 334 g/mol. The number of hydrogen-bond donors (Lipinski definition) is 0. The van der Waals surface area contributed by atoms with Crippen molar-refractivity contribution in [3.63, 3.8) is 0 Å². The van der Waals surface area contributed by atoms with Gasteiger partial charge < -0.3 is 4.90 Å². The smallest absolute Gasteiger partial charge is 0.123 e. The Kier molecular flexibility index (Phi) is 5.32. The number of halogens is 1. The van der Waals surface area contributed by atoms with E-state index in [1.165, 1.54) is 24.0 Å². The number of rotatable bonds is 3. The van der Waals surface area contributed by atoms with Gasteiger partial charge in [-0.1, -0.05) is 32.1 Å². The lowest BCUT2D eigenvalue weighted by Gasteiger charge is -2.41. The van der Waals surface area contributed by atoms with E-state index in [1.807, 2.05) is 6.07 Å². The van der Waals surface area contributed by atoms with Gasteiger partial charge in [0.25, 0.3) is 0 Å². The average Bonchev–Trinajstić information content (AvgIpc) is 2.53. The summed E-state index contributed by atoms with van der Waals surface area (Å²) in [5, 5.41) is 0. The third kappa shape index (κ3) is 4.10. The van der Waals surface area contributed by atoms with Crippen LogP contribution in [0.5, 0.6) is 0 Å². The predicted octanol–water partition coefficient (Wildman–Crippen LogP) is 4.02. The first-order valence-corrected chi connectivity index (χ1v) is 9.23. The fourth-order valence-corrected chi connectivity index (χ4v) is 4.33. The molecule has 2 heterocycles. The molecule has 1 saturated heterocycles. The van der Waals surface area contributed by atoms with E-state index in [-0.39, 0.29) is 5.82 Å². The van der Waals surface area contributed by atoms with Crippen molar-refractivity contribution in [3.8, 4) is 0 Å². The number of piperidine rings is 1. The topological polar surface area (TPSA) is 6.48 Å². The second-order valence-corrected chi connectivity index (χ2v) is 7.81. The maximum absolute atomic E-state index is 13.5. The van der Waals surface area contributed by atoms with Crippen molar-refractivity contribution >= 4 is 17.2 Å². The summed E-state index contributed by atoms with van der Waals surface area (Å²) in [4.78, 5) is 6.07. The van der Waals surface area contributed by atoms with Crippen molar-refractivity contribution < 1.29 is 4.39 Å². The van der Waals surface area contributed by atoms with Gasteiger partial charge in [-0.3, -0.25) is 4.90 Å². The van der Waals surface area contributed by atoms with Crippen LogP contribution in [0.25, 0.3) is 0 Å².